The third kappa shape index (κ3) is 4.64. The Bertz CT molecular complexity index is 1540. The number of ether oxygens (including phenoxy) is 1. The number of esters is 1. The number of benzene rings is 2. The fraction of sp³-hybridized carbons (Fsp3) is 0.208. The molecular weight excluding hydrogens is 490 g/mol. The van der Waals surface area contributed by atoms with Crippen LogP contribution in [-0.2, 0) is 9.53 Å². The number of hydrogen-bond acceptors (Lipinski definition) is 9. The van der Waals surface area contributed by atoms with E-state index >= 15 is 0 Å². The van der Waals surface area contributed by atoms with E-state index in [0.717, 1.165) is 16.2 Å². The van der Waals surface area contributed by atoms with Gasteiger partial charge in [-0.1, -0.05) is 23.5 Å². The van der Waals surface area contributed by atoms with E-state index in [1.807, 2.05) is 30.5 Å². The van der Waals surface area contributed by atoms with E-state index in [0.29, 0.717) is 16.1 Å². The Morgan fingerprint density at radius 1 is 1.31 bits per heavy atom. The number of carbonyl (C=O) groups excluding carboxylic acids is 1. The monoisotopic (exact) mass is 511 g/mol. The number of aromatic hydroxyl groups is 1. The lowest BCUT2D eigenvalue weighted by Gasteiger charge is -2.24. The maximum absolute atomic E-state index is 13.6. The van der Waals surface area contributed by atoms with Crippen molar-refractivity contribution in [2.24, 2.45) is 4.99 Å². The molecule has 11 heteroatoms. The van der Waals surface area contributed by atoms with Crippen LogP contribution >= 0.6 is 23.1 Å². The lowest BCUT2D eigenvalue weighted by atomic mass is 9.96. The Hall–Kier alpha value is -3.70. The van der Waals surface area contributed by atoms with Crippen LogP contribution < -0.4 is 14.9 Å². The summed E-state index contributed by atoms with van der Waals surface area (Å²) >= 11 is 2.65. The van der Waals surface area contributed by atoms with Gasteiger partial charge in [-0.15, -0.1) is 11.8 Å². The van der Waals surface area contributed by atoms with Crippen LogP contribution in [0.4, 0.5) is 5.69 Å². The van der Waals surface area contributed by atoms with Crippen LogP contribution in [0.5, 0.6) is 5.75 Å². The Morgan fingerprint density at radius 2 is 2.03 bits per heavy atom. The van der Waals surface area contributed by atoms with Crippen molar-refractivity contribution in [2.75, 3.05) is 12.9 Å². The van der Waals surface area contributed by atoms with Crippen molar-refractivity contribution in [3.05, 3.63) is 94.7 Å². The van der Waals surface area contributed by atoms with Crippen molar-refractivity contribution in [3.63, 3.8) is 0 Å². The molecular formula is C24H21N3O6S2. The van der Waals surface area contributed by atoms with Crippen LogP contribution in [-0.4, -0.2) is 33.4 Å². The molecule has 0 bridgehead atoms. The zero-order valence-electron chi connectivity index (χ0n) is 19.0. The van der Waals surface area contributed by atoms with Crippen molar-refractivity contribution in [3.8, 4) is 5.75 Å². The second-order valence-electron chi connectivity index (χ2n) is 7.58. The smallest absolute Gasteiger partial charge is 0.338 e. The van der Waals surface area contributed by atoms with Gasteiger partial charge in [-0.25, -0.2) is 9.79 Å². The molecule has 1 atom stereocenters. The predicted molar refractivity (Wildman–Crippen MR) is 133 cm³/mol. The minimum atomic E-state index is -0.762. The molecule has 0 amide bonds. The highest BCUT2D eigenvalue weighted by molar-refractivity contribution is 7.98. The zero-order valence-corrected chi connectivity index (χ0v) is 20.7. The number of carbonyl (C=O) groups is 1. The van der Waals surface area contributed by atoms with Gasteiger partial charge in [-0.2, -0.15) is 0 Å². The van der Waals surface area contributed by atoms with Gasteiger partial charge in [0.1, 0.15) is 5.75 Å². The maximum Gasteiger partial charge on any atom is 0.338 e. The molecule has 0 unspecified atom stereocenters. The number of nitrogens with zero attached hydrogens (tertiary/aromatic N) is 3. The van der Waals surface area contributed by atoms with Gasteiger partial charge in [-0.05, 0) is 49.9 Å². The second-order valence-corrected chi connectivity index (χ2v) is 9.46. The number of thioether (sulfide) groups is 1. The Kier molecular flexibility index (Phi) is 6.90. The van der Waals surface area contributed by atoms with E-state index in [1.165, 1.54) is 28.8 Å². The number of thiazole rings is 1. The molecule has 0 aliphatic carbocycles. The summed E-state index contributed by atoms with van der Waals surface area (Å²) in [5.41, 5.74) is 0.897. The highest BCUT2D eigenvalue weighted by Gasteiger charge is 2.33. The first-order valence-electron chi connectivity index (χ1n) is 10.6. The van der Waals surface area contributed by atoms with Gasteiger partial charge in [-0.3, -0.25) is 19.5 Å². The van der Waals surface area contributed by atoms with Gasteiger partial charge >= 0.3 is 5.97 Å². The standard InChI is InChI=1S/C24H21N3O6S2/c1-4-33-23(30)20-13(2)25-24-26(21(20)14-5-8-17(34-3)9-6-14)22(29)19(35-24)12-15-11-16(27(31)32)7-10-18(15)28/h5-12,21,28H,4H2,1-3H3/b19-12-/t21-/m0/s1. The van der Waals surface area contributed by atoms with Crippen molar-refractivity contribution in [1.29, 1.82) is 0 Å². The summed E-state index contributed by atoms with van der Waals surface area (Å²) in [5.74, 6) is -0.757. The average molecular weight is 512 g/mol. The lowest BCUT2D eigenvalue weighted by Crippen LogP contribution is -2.39. The number of fused-ring (bicyclic) bond motifs is 1. The maximum atomic E-state index is 13.6. The Balaban J connectivity index is 1.95. The molecule has 0 radical (unpaired) electrons. The lowest BCUT2D eigenvalue weighted by molar-refractivity contribution is -0.384. The highest BCUT2D eigenvalue weighted by atomic mass is 32.2. The molecule has 35 heavy (non-hydrogen) atoms. The number of phenolic OH excluding ortho intramolecular Hbond substituents is 1. The summed E-state index contributed by atoms with van der Waals surface area (Å²) in [6.07, 6.45) is 3.35. The minimum Gasteiger partial charge on any atom is -0.507 e. The van der Waals surface area contributed by atoms with Crippen LogP contribution in [0.15, 0.2) is 68.4 Å². The van der Waals surface area contributed by atoms with Crippen LogP contribution in [0.2, 0.25) is 0 Å². The number of phenols is 1. The molecule has 0 saturated heterocycles. The number of aromatic nitrogens is 1. The number of nitro benzene ring substituents is 1. The van der Waals surface area contributed by atoms with E-state index in [1.54, 1.807) is 25.6 Å². The quantitative estimate of drug-likeness (QED) is 0.233. The fourth-order valence-corrected chi connectivity index (χ4v) is 5.25. The Morgan fingerprint density at radius 3 is 2.66 bits per heavy atom. The van der Waals surface area contributed by atoms with Crippen LogP contribution in [0.25, 0.3) is 6.08 Å². The minimum absolute atomic E-state index is 0.131. The van der Waals surface area contributed by atoms with E-state index in [9.17, 15) is 24.8 Å². The number of allylic oxidation sites excluding steroid dienone is 1. The fourth-order valence-electron chi connectivity index (χ4n) is 3.81. The largest absolute Gasteiger partial charge is 0.507 e. The second kappa shape index (κ2) is 9.88. The molecule has 2 heterocycles. The normalized spacial score (nSPS) is 15.5. The first kappa shape index (κ1) is 24.4. The third-order valence-corrected chi connectivity index (χ3v) is 7.18. The molecule has 1 aromatic heterocycles. The first-order chi connectivity index (χ1) is 16.7. The van der Waals surface area contributed by atoms with Gasteiger partial charge in [0.15, 0.2) is 4.80 Å². The third-order valence-electron chi connectivity index (χ3n) is 5.46. The van der Waals surface area contributed by atoms with E-state index in [-0.39, 0.29) is 33.7 Å². The molecule has 180 valence electrons. The highest BCUT2D eigenvalue weighted by Crippen LogP contribution is 2.32. The van der Waals surface area contributed by atoms with Crippen LogP contribution in [0.3, 0.4) is 0 Å². The van der Waals surface area contributed by atoms with Crippen molar-refractivity contribution < 1.29 is 19.6 Å². The molecule has 3 aromatic rings. The van der Waals surface area contributed by atoms with Crippen molar-refractivity contribution >= 4 is 40.8 Å². The summed E-state index contributed by atoms with van der Waals surface area (Å²) in [5, 5.41) is 21.4. The molecule has 0 spiro atoms. The van der Waals surface area contributed by atoms with E-state index in [2.05, 4.69) is 4.99 Å². The summed E-state index contributed by atoms with van der Waals surface area (Å²) < 4.78 is 6.92. The predicted octanol–water partition coefficient (Wildman–Crippen LogP) is 3.13. The number of non-ortho nitro benzene ring substituents is 1. The number of nitro groups is 1. The summed E-state index contributed by atoms with van der Waals surface area (Å²) in [4.78, 5) is 43.0. The molecule has 1 aliphatic heterocycles. The van der Waals surface area contributed by atoms with Crippen LogP contribution in [0.1, 0.15) is 31.0 Å². The van der Waals surface area contributed by atoms with Gasteiger partial charge in [0.05, 0.1) is 33.4 Å². The molecule has 9 nitrogen and oxygen atoms in total. The summed E-state index contributed by atoms with van der Waals surface area (Å²) in [6, 6.07) is 10.4. The average Bonchev–Trinajstić information content (AvgIpc) is 3.14. The van der Waals surface area contributed by atoms with Gasteiger partial charge in [0.2, 0.25) is 0 Å². The molecule has 4 rings (SSSR count). The van der Waals surface area contributed by atoms with Gasteiger partial charge < -0.3 is 9.84 Å². The van der Waals surface area contributed by atoms with E-state index < -0.39 is 22.5 Å². The van der Waals surface area contributed by atoms with Gasteiger partial charge in [0, 0.05) is 22.6 Å². The number of rotatable bonds is 6. The molecule has 1 N–H and O–H groups in total. The topological polar surface area (TPSA) is 124 Å². The van der Waals surface area contributed by atoms with Crippen molar-refractivity contribution in [2.45, 2.75) is 24.8 Å². The molecule has 0 fully saturated rings. The first-order valence-corrected chi connectivity index (χ1v) is 12.6. The van der Waals surface area contributed by atoms with Gasteiger partial charge in [0.25, 0.3) is 11.2 Å². The van der Waals surface area contributed by atoms with Crippen LogP contribution in [0, 0.1) is 10.1 Å². The summed E-state index contributed by atoms with van der Waals surface area (Å²) in [6.45, 7) is 3.57. The van der Waals surface area contributed by atoms with E-state index in [4.69, 9.17) is 4.74 Å². The molecule has 0 saturated carbocycles. The number of hydrogen-bond donors (Lipinski definition) is 1. The zero-order chi connectivity index (χ0) is 25.3. The van der Waals surface area contributed by atoms with Crippen molar-refractivity contribution in [1.82, 2.24) is 4.57 Å². The summed E-state index contributed by atoms with van der Waals surface area (Å²) in [7, 11) is 0. The SMILES string of the molecule is CCOC(=O)C1=C(C)N=c2s/c(=C\c3cc([N+](=O)[O-])ccc3O)c(=O)n2[C@H]1c1ccc(SC)cc1. The molecule has 2 aromatic carbocycles. The Labute approximate surface area is 207 Å². The molecule has 1 aliphatic rings.